The average molecular weight is 248 g/mol. The first kappa shape index (κ1) is 12.8. The fraction of sp³-hybridized carbons (Fsp3) is 0.455. The topological polar surface area (TPSA) is 21.3 Å². The Hall–Kier alpha value is -0.280. The van der Waals surface area contributed by atoms with Crippen molar-refractivity contribution in [2.45, 2.75) is 13.0 Å². The van der Waals surface area contributed by atoms with Crippen LogP contribution < -0.4 is 5.32 Å². The van der Waals surface area contributed by atoms with Gasteiger partial charge in [-0.2, -0.15) is 0 Å². The molecule has 0 aliphatic heterocycles. The fourth-order valence-electron chi connectivity index (χ4n) is 1.34. The molecule has 0 saturated carbocycles. The van der Waals surface area contributed by atoms with E-state index in [0.29, 0.717) is 16.7 Å². The van der Waals surface area contributed by atoms with Gasteiger partial charge in [-0.05, 0) is 18.6 Å². The number of methoxy groups -OCH3 is 1. The molecule has 1 atom stereocenters. The van der Waals surface area contributed by atoms with Crippen LogP contribution in [0, 0.1) is 0 Å². The minimum Gasteiger partial charge on any atom is -0.383 e. The zero-order valence-electron chi connectivity index (χ0n) is 8.89. The first-order valence-corrected chi connectivity index (χ1v) is 5.58. The molecule has 0 saturated heterocycles. The summed E-state index contributed by atoms with van der Waals surface area (Å²) in [6.07, 6.45) is 0. The Morgan fingerprint density at radius 3 is 2.80 bits per heavy atom. The summed E-state index contributed by atoms with van der Waals surface area (Å²) in [7, 11) is 1.68. The summed E-state index contributed by atoms with van der Waals surface area (Å²) in [5.74, 6) is 0. The van der Waals surface area contributed by atoms with Crippen LogP contribution >= 0.6 is 23.2 Å². The average Bonchev–Trinajstić information content (AvgIpc) is 2.22. The molecule has 1 unspecified atom stereocenters. The summed E-state index contributed by atoms with van der Waals surface area (Å²) in [5.41, 5.74) is 1.01. The van der Waals surface area contributed by atoms with Crippen molar-refractivity contribution < 1.29 is 4.74 Å². The van der Waals surface area contributed by atoms with Crippen LogP contribution in [-0.4, -0.2) is 20.3 Å². The van der Waals surface area contributed by atoms with Gasteiger partial charge in [0.25, 0.3) is 0 Å². The minimum atomic E-state index is 0.173. The van der Waals surface area contributed by atoms with E-state index in [2.05, 4.69) is 5.32 Å². The van der Waals surface area contributed by atoms with Gasteiger partial charge in [0.15, 0.2) is 0 Å². The quantitative estimate of drug-likeness (QED) is 0.807. The molecule has 1 aromatic rings. The molecular formula is C11H15Cl2NO. The lowest BCUT2D eigenvalue weighted by Crippen LogP contribution is -2.23. The second-order valence-electron chi connectivity index (χ2n) is 3.31. The van der Waals surface area contributed by atoms with E-state index in [1.54, 1.807) is 13.2 Å². The Morgan fingerprint density at radius 2 is 2.13 bits per heavy atom. The molecule has 0 amide bonds. The second-order valence-corrected chi connectivity index (χ2v) is 4.10. The lowest BCUT2D eigenvalue weighted by atomic mass is 10.1. The third kappa shape index (κ3) is 3.65. The Morgan fingerprint density at radius 1 is 1.40 bits per heavy atom. The summed E-state index contributed by atoms with van der Waals surface area (Å²) in [4.78, 5) is 0. The number of hydrogen-bond acceptors (Lipinski definition) is 2. The molecule has 0 bridgehead atoms. The first-order chi connectivity index (χ1) is 7.16. The van der Waals surface area contributed by atoms with Crippen LogP contribution in [0.3, 0.4) is 0 Å². The van der Waals surface area contributed by atoms with Crippen LogP contribution in [0.25, 0.3) is 0 Å². The Balaban J connectivity index is 2.65. The van der Waals surface area contributed by atoms with Crippen LogP contribution in [0.4, 0.5) is 0 Å². The lowest BCUT2D eigenvalue weighted by molar-refractivity contribution is 0.196. The fourth-order valence-corrected chi connectivity index (χ4v) is 1.81. The lowest BCUT2D eigenvalue weighted by Gasteiger charge is -2.15. The SMILES string of the molecule is COCCNC(C)c1cccc(Cl)c1Cl. The zero-order valence-corrected chi connectivity index (χ0v) is 10.4. The number of ether oxygens (including phenoxy) is 1. The summed E-state index contributed by atoms with van der Waals surface area (Å²) in [5, 5.41) is 4.51. The number of rotatable bonds is 5. The van der Waals surface area contributed by atoms with E-state index >= 15 is 0 Å². The molecule has 1 rings (SSSR count). The van der Waals surface area contributed by atoms with E-state index in [0.717, 1.165) is 12.1 Å². The maximum atomic E-state index is 6.10. The van der Waals surface area contributed by atoms with Crippen LogP contribution in [-0.2, 0) is 4.74 Å². The Kier molecular flexibility index (Phi) is 5.40. The highest BCUT2D eigenvalue weighted by Gasteiger charge is 2.10. The molecule has 84 valence electrons. The molecule has 15 heavy (non-hydrogen) atoms. The normalized spacial score (nSPS) is 12.8. The summed E-state index contributed by atoms with van der Waals surface area (Å²) in [6.45, 7) is 3.52. The predicted octanol–water partition coefficient (Wildman–Crippen LogP) is 3.29. The van der Waals surface area contributed by atoms with Gasteiger partial charge in [-0.3, -0.25) is 0 Å². The standard InChI is InChI=1S/C11H15Cl2NO/c1-8(14-6-7-15-2)9-4-3-5-10(12)11(9)13/h3-5,8,14H,6-7H2,1-2H3. The number of halogens is 2. The predicted molar refractivity (Wildman–Crippen MR) is 64.8 cm³/mol. The van der Waals surface area contributed by atoms with Gasteiger partial charge in [-0.1, -0.05) is 35.3 Å². The highest BCUT2D eigenvalue weighted by Crippen LogP contribution is 2.29. The highest BCUT2D eigenvalue weighted by atomic mass is 35.5. The molecule has 0 heterocycles. The summed E-state index contributed by atoms with van der Waals surface area (Å²) in [6, 6.07) is 5.83. The van der Waals surface area contributed by atoms with Gasteiger partial charge in [0.1, 0.15) is 0 Å². The minimum absolute atomic E-state index is 0.173. The second kappa shape index (κ2) is 6.33. The number of nitrogens with one attached hydrogen (secondary N) is 1. The molecule has 0 fully saturated rings. The van der Waals surface area contributed by atoms with Gasteiger partial charge in [0, 0.05) is 19.7 Å². The van der Waals surface area contributed by atoms with Crippen molar-refractivity contribution in [3.63, 3.8) is 0 Å². The van der Waals surface area contributed by atoms with E-state index in [1.807, 2.05) is 19.1 Å². The Bertz CT molecular complexity index is 317. The van der Waals surface area contributed by atoms with Gasteiger partial charge in [-0.25, -0.2) is 0 Å². The van der Waals surface area contributed by atoms with Crippen molar-refractivity contribution in [1.29, 1.82) is 0 Å². The van der Waals surface area contributed by atoms with Crippen molar-refractivity contribution in [2.24, 2.45) is 0 Å². The van der Waals surface area contributed by atoms with Crippen LogP contribution in [0.5, 0.6) is 0 Å². The maximum absolute atomic E-state index is 6.10. The van der Waals surface area contributed by atoms with Crippen molar-refractivity contribution in [3.05, 3.63) is 33.8 Å². The Labute approximate surface area is 101 Å². The first-order valence-electron chi connectivity index (χ1n) is 4.83. The van der Waals surface area contributed by atoms with Gasteiger partial charge in [0.2, 0.25) is 0 Å². The molecule has 1 aromatic carbocycles. The van der Waals surface area contributed by atoms with Gasteiger partial charge < -0.3 is 10.1 Å². The molecule has 0 radical (unpaired) electrons. The zero-order chi connectivity index (χ0) is 11.3. The van der Waals surface area contributed by atoms with E-state index in [4.69, 9.17) is 27.9 Å². The van der Waals surface area contributed by atoms with Gasteiger partial charge >= 0.3 is 0 Å². The van der Waals surface area contributed by atoms with E-state index in [9.17, 15) is 0 Å². The van der Waals surface area contributed by atoms with Crippen LogP contribution in [0.2, 0.25) is 10.0 Å². The van der Waals surface area contributed by atoms with Crippen LogP contribution in [0.15, 0.2) is 18.2 Å². The van der Waals surface area contributed by atoms with Crippen molar-refractivity contribution in [2.75, 3.05) is 20.3 Å². The van der Waals surface area contributed by atoms with E-state index < -0.39 is 0 Å². The summed E-state index contributed by atoms with van der Waals surface area (Å²) < 4.78 is 4.96. The third-order valence-electron chi connectivity index (χ3n) is 2.20. The molecule has 0 spiro atoms. The van der Waals surface area contributed by atoms with Crippen LogP contribution in [0.1, 0.15) is 18.5 Å². The smallest absolute Gasteiger partial charge is 0.0639 e. The molecule has 0 aromatic heterocycles. The van der Waals surface area contributed by atoms with E-state index in [-0.39, 0.29) is 6.04 Å². The molecular weight excluding hydrogens is 233 g/mol. The number of hydrogen-bond donors (Lipinski definition) is 1. The monoisotopic (exact) mass is 247 g/mol. The molecule has 1 N–H and O–H groups in total. The molecule has 0 aliphatic carbocycles. The molecule has 2 nitrogen and oxygen atoms in total. The number of benzene rings is 1. The largest absolute Gasteiger partial charge is 0.383 e. The maximum Gasteiger partial charge on any atom is 0.0639 e. The van der Waals surface area contributed by atoms with Gasteiger partial charge in [-0.15, -0.1) is 0 Å². The summed E-state index contributed by atoms with van der Waals surface area (Å²) >= 11 is 12.0. The van der Waals surface area contributed by atoms with Crippen molar-refractivity contribution in [3.8, 4) is 0 Å². The van der Waals surface area contributed by atoms with Gasteiger partial charge in [0.05, 0.1) is 16.7 Å². The van der Waals surface area contributed by atoms with Crippen molar-refractivity contribution in [1.82, 2.24) is 5.32 Å². The third-order valence-corrected chi connectivity index (χ3v) is 3.04. The molecule has 0 aliphatic rings. The van der Waals surface area contributed by atoms with E-state index in [1.165, 1.54) is 0 Å². The highest BCUT2D eigenvalue weighted by molar-refractivity contribution is 6.42. The van der Waals surface area contributed by atoms with Crippen molar-refractivity contribution >= 4 is 23.2 Å². The molecule has 4 heteroatoms.